The number of aromatic nitrogens is 1. The van der Waals surface area contributed by atoms with E-state index in [0.29, 0.717) is 13.0 Å². The van der Waals surface area contributed by atoms with Crippen LogP contribution in [0.25, 0.3) is 0 Å². The fraction of sp³-hybridized carbons (Fsp3) is 0.462. The summed E-state index contributed by atoms with van der Waals surface area (Å²) < 4.78 is 13.1. The first-order valence-electron chi connectivity index (χ1n) is 6.18. The summed E-state index contributed by atoms with van der Waals surface area (Å²) in [6.45, 7) is 2.40. The van der Waals surface area contributed by atoms with Gasteiger partial charge in [-0.05, 0) is 18.4 Å². The molecule has 1 unspecified atom stereocenters. The molecular formula is C13H14ClFN2O2. The molecule has 0 bridgehead atoms. The largest absolute Gasteiger partial charge is 0.278 e. The van der Waals surface area contributed by atoms with E-state index >= 15 is 0 Å². The zero-order chi connectivity index (χ0) is 14.0. The van der Waals surface area contributed by atoms with Crippen LogP contribution in [0.1, 0.15) is 36.5 Å². The lowest BCUT2D eigenvalue weighted by molar-refractivity contribution is -0.125. The number of imide groups is 1. The van der Waals surface area contributed by atoms with Gasteiger partial charge in [-0.1, -0.05) is 24.9 Å². The highest BCUT2D eigenvalue weighted by atomic mass is 35.5. The first kappa shape index (κ1) is 13.9. The van der Waals surface area contributed by atoms with Crippen LogP contribution >= 0.6 is 11.6 Å². The van der Waals surface area contributed by atoms with Crippen molar-refractivity contribution in [2.24, 2.45) is 5.92 Å². The average Bonchev–Trinajstić information content (AvgIpc) is 2.73. The number of likely N-dealkylation sites (tertiary alicyclic amines) is 1. The second-order valence-electron chi connectivity index (χ2n) is 4.66. The molecule has 6 heteroatoms. The van der Waals surface area contributed by atoms with Gasteiger partial charge in [-0.25, -0.2) is 9.37 Å². The number of halogens is 2. The van der Waals surface area contributed by atoms with Crippen molar-refractivity contribution in [3.05, 3.63) is 28.8 Å². The fourth-order valence-electron chi connectivity index (χ4n) is 2.30. The van der Waals surface area contributed by atoms with Gasteiger partial charge in [0.1, 0.15) is 11.0 Å². The van der Waals surface area contributed by atoms with E-state index in [1.165, 1.54) is 0 Å². The van der Waals surface area contributed by atoms with Gasteiger partial charge < -0.3 is 0 Å². The molecule has 0 N–H and O–H groups in total. The normalized spacial score (nSPS) is 19.0. The topological polar surface area (TPSA) is 50.3 Å². The summed E-state index contributed by atoms with van der Waals surface area (Å²) in [6.07, 6.45) is 3.15. The standard InChI is InChI=1S/C13H14ClFN2O2/c1-2-3-8-4-11(18)17(7-8)13(19)10-5-9(15)6-16-12(10)14/h5-6,8H,2-4,7H2,1H3. The molecule has 2 amide bonds. The summed E-state index contributed by atoms with van der Waals surface area (Å²) in [4.78, 5) is 28.7. The Balaban J connectivity index is 2.20. The van der Waals surface area contributed by atoms with Gasteiger partial charge in [0.25, 0.3) is 5.91 Å². The molecule has 1 atom stereocenters. The molecule has 0 radical (unpaired) electrons. The van der Waals surface area contributed by atoms with E-state index in [0.717, 1.165) is 30.0 Å². The number of hydrogen-bond donors (Lipinski definition) is 0. The van der Waals surface area contributed by atoms with Gasteiger partial charge in [-0.15, -0.1) is 0 Å². The Hall–Kier alpha value is -1.49. The predicted octanol–water partition coefficient (Wildman–Crippen LogP) is 2.66. The molecule has 2 rings (SSSR count). The lowest BCUT2D eigenvalue weighted by Gasteiger charge is -2.15. The van der Waals surface area contributed by atoms with E-state index in [4.69, 9.17) is 11.6 Å². The zero-order valence-electron chi connectivity index (χ0n) is 10.5. The van der Waals surface area contributed by atoms with Crippen LogP contribution in [0, 0.1) is 11.7 Å². The van der Waals surface area contributed by atoms with E-state index in [1.54, 1.807) is 0 Å². The van der Waals surface area contributed by atoms with Crippen LogP contribution in [0.4, 0.5) is 4.39 Å². The number of carbonyl (C=O) groups is 2. The smallest absolute Gasteiger partial charge is 0.263 e. The van der Waals surface area contributed by atoms with Gasteiger partial charge in [0, 0.05) is 13.0 Å². The van der Waals surface area contributed by atoms with E-state index in [1.807, 2.05) is 6.92 Å². The SMILES string of the molecule is CCCC1CC(=O)N(C(=O)c2cc(F)cnc2Cl)C1. The van der Waals surface area contributed by atoms with E-state index < -0.39 is 11.7 Å². The number of amides is 2. The van der Waals surface area contributed by atoms with Crippen LogP contribution in [0.5, 0.6) is 0 Å². The molecule has 2 heterocycles. The van der Waals surface area contributed by atoms with E-state index in [9.17, 15) is 14.0 Å². The quantitative estimate of drug-likeness (QED) is 0.633. The van der Waals surface area contributed by atoms with Crippen molar-refractivity contribution in [1.82, 2.24) is 9.88 Å². The Morgan fingerprint density at radius 3 is 3.05 bits per heavy atom. The minimum Gasteiger partial charge on any atom is -0.278 e. The molecular weight excluding hydrogens is 271 g/mol. The summed E-state index contributed by atoms with van der Waals surface area (Å²) in [6, 6.07) is 1.01. The molecule has 1 saturated heterocycles. The maximum absolute atomic E-state index is 13.1. The molecule has 0 aliphatic carbocycles. The van der Waals surface area contributed by atoms with Crippen molar-refractivity contribution < 1.29 is 14.0 Å². The van der Waals surface area contributed by atoms with Crippen LogP contribution in [0.2, 0.25) is 5.15 Å². The first-order valence-corrected chi connectivity index (χ1v) is 6.56. The molecule has 0 spiro atoms. The third kappa shape index (κ3) is 2.92. The highest BCUT2D eigenvalue weighted by molar-refractivity contribution is 6.33. The maximum atomic E-state index is 13.1. The Kier molecular flexibility index (Phi) is 4.14. The molecule has 1 aromatic heterocycles. The number of nitrogens with zero attached hydrogens (tertiary/aromatic N) is 2. The summed E-state index contributed by atoms with van der Waals surface area (Å²) >= 11 is 5.78. The van der Waals surface area contributed by atoms with Crippen molar-refractivity contribution in [1.29, 1.82) is 0 Å². The molecule has 0 aromatic carbocycles. The highest BCUT2D eigenvalue weighted by Gasteiger charge is 2.34. The van der Waals surface area contributed by atoms with Gasteiger partial charge >= 0.3 is 0 Å². The lowest BCUT2D eigenvalue weighted by atomic mass is 10.0. The third-order valence-electron chi connectivity index (χ3n) is 3.18. The van der Waals surface area contributed by atoms with Gasteiger partial charge in [-0.3, -0.25) is 14.5 Å². The van der Waals surface area contributed by atoms with Crippen LogP contribution in [-0.4, -0.2) is 28.2 Å². The molecule has 1 aromatic rings. The number of hydrogen-bond acceptors (Lipinski definition) is 3. The molecule has 102 valence electrons. The van der Waals surface area contributed by atoms with Gasteiger partial charge in [0.2, 0.25) is 5.91 Å². The van der Waals surface area contributed by atoms with Crippen LogP contribution in [0.3, 0.4) is 0 Å². The molecule has 0 saturated carbocycles. The zero-order valence-corrected chi connectivity index (χ0v) is 11.3. The highest BCUT2D eigenvalue weighted by Crippen LogP contribution is 2.25. The second kappa shape index (κ2) is 5.65. The van der Waals surface area contributed by atoms with Crippen molar-refractivity contribution in [3.8, 4) is 0 Å². The van der Waals surface area contributed by atoms with Crippen molar-refractivity contribution in [2.45, 2.75) is 26.2 Å². The minimum absolute atomic E-state index is 0.0628. The van der Waals surface area contributed by atoms with Crippen LogP contribution in [-0.2, 0) is 4.79 Å². The van der Waals surface area contributed by atoms with Crippen molar-refractivity contribution in [3.63, 3.8) is 0 Å². The third-order valence-corrected chi connectivity index (χ3v) is 3.48. The number of carbonyl (C=O) groups excluding carboxylic acids is 2. The summed E-state index contributed by atoms with van der Waals surface area (Å²) in [5, 5.41) is -0.0851. The molecule has 1 fully saturated rings. The van der Waals surface area contributed by atoms with Crippen molar-refractivity contribution in [2.75, 3.05) is 6.54 Å². The number of rotatable bonds is 3. The van der Waals surface area contributed by atoms with E-state index in [-0.39, 0.29) is 22.5 Å². The summed E-state index contributed by atoms with van der Waals surface area (Å²) in [5.41, 5.74) is -0.0628. The maximum Gasteiger partial charge on any atom is 0.263 e. The molecule has 1 aliphatic heterocycles. The number of pyridine rings is 1. The fourth-order valence-corrected chi connectivity index (χ4v) is 2.48. The van der Waals surface area contributed by atoms with Gasteiger partial charge in [0.15, 0.2) is 0 Å². The van der Waals surface area contributed by atoms with Gasteiger partial charge in [0.05, 0.1) is 11.8 Å². The predicted molar refractivity (Wildman–Crippen MR) is 68.3 cm³/mol. The molecule has 19 heavy (non-hydrogen) atoms. The van der Waals surface area contributed by atoms with Crippen LogP contribution < -0.4 is 0 Å². The van der Waals surface area contributed by atoms with Crippen molar-refractivity contribution >= 4 is 23.4 Å². The Bertz CT molecular complexity index is 521. The minimum atomic E-state index is -0.649. The van der Waals surface area contributed by atoms with Gasteiger partial charge in [-0.2, -0.15) is 0 Å². The molecule has 1 aliphatic rings. The molecule has 4 nitrogen and oxygen atoms in total. The summed E-state index contributed by atoms with van der Waals surface area (Å²) in [5.74, 6) is -1.27. The summed E-state index contributed by atoms with van der Waals surface area (Å²) in [7, 11) is 0. The Morgan fingerprint density at radius 2 is 2.37 bits per heavy atom. The lowest BCUT2D eigenvalue weighted by Crippen LogP contribution is -2.32. The average molecular weight is 285 g/mol. The first-order chi connectivity index (χ1) is 9.02. The Morgan fingerprint density at radius 1 is 1.63 bits per heavy atom. The van der Waals surface area contributed by atoms with E-state index in [2.05, 4.69) is 4.98 Å². The monoisotopic (exact) mass is 284 g/mol. The Labute approximate surface area is 115 Å². The second-order valence-corrected chi connectivity index (χ2v) is 5.02. The van der Waals surface area contributed by atoms with Crippen LogP contribution in [0.15, 0.2) is 12.3 Å².